The van der Waals surface area contributed by atoms with Gasteiger partial charge in [0.15, 0.2) is 5.96 Å². The average molecular weight is 354 g/mol. The topological polar surface area (TPSA) is 54.9 Å². The van der Waals surface area contributed by atoms with Crippen molar-refractivity contribution in [3.05, 3.63) is 28.8 Å². The molecule has 6 heteroatoms. The van der Waals surface area contributed by atoms with Crippen LogP contribution in [0.15, 0.2) is 23.2 Å². The van der Waals surface area contributed by atoms with Crippen molar-refractivity contribution in [3.8, 4) is 5.75 Å². The Morgan fingerprint density at radius 3 is 2.71 bits per heavy atom. The standard InChI is InChI=1S/C18H28ClN3O2/c1-4-9-21-17(20-2)22-13-18(7-10-24-11-8-18)15-12-14(19)5-6-16(15)23-3/h5-6,12H,4,7-11,13H2,1-3H3,(H2,20,21,22). The van der Waals surface area contributed by atoms with Gasteiger partial charge in [0.25, 0.3) is 0 Å². The second-order valence-electron chi connectivity index (χ2n) is 6.09. The maximum atomic E-state index is 6.27. The smallest absolute Gasteiger partial charge is 0.191 e. The first-order valence-electron chi connectivity index (χ1n) is 8.51. The number of ether oxygens (including phenoxy) is 2. The highest BCUT2D eigenvalue weighted by atomic mass is 35.5. The molecule has 0 unspecified atom stereocenters. The van der Waals surface area contributed by atoms with Crippen LogP contribution in [0.3, 0.4) is 0 Å². The third-order valence-corrected chi connectivity index (χ3v) is 4.78. The first kappa shape index (κ1) is 18.9. The zero-order chi connectivity index (χ0) is 17.4. The molecular weight excluding hydrogens is 326 g/mol. The molecule has 0 atom stereocenters. The quantitative estimate of drug-likeness (QED) is 0.610. The lowest BCUT2D eigenvalue weighted by Gasteiger charge is -2.39. The van der Waals surface area contributed by atoms with Crippen molar-refractivity contribution in [2.24, 2.45) is 4.99 Å². The molecule has 0 aliphatic carbocycles. The molecule has 0 bridgehead atoms. The Labute approximate surface area is 149 Å². The maximum absolute atomic E-state index is 6.27. The Morgan fingerprint density at radius 1 is 1.33 bits per heavy atom. The molecule has 1 aromatic rings. The summed E-state index contributed by atoms with van der Waals surface area (Å²) in [6.07, 6.45) is 2.89. The summed E-state index contributed by atoms with van der Waals surface area (Å²) in [5.74, 6) is 1.70. The van der Waals surface area contributed by atoms with Gasteiger partial charge in [0.05, 0.1) is 7.11 Å². The van der Waals surface area contributed by atoms with Gasteiger partial charge < -0.3 is 20.1 Å². The minimum Gasteiger partial charge on any atom is -0.496 e. The van der Waals surface area contributed by atoms with Crippen molar-refractivity contribution in [1.82, 2.24) is 10.6 Å². The molecule has 0 saturated carbocycles. The van der Waals surface area contributed by atoms with Crippen LogP contribution in [0, 0.1) is 0 Å². The fraction of sp³-hybridized carbons (Fsp3) is 0.611. The molecule has 0 radical (unpaired) electrons. The number of rotatable bonds is 6. The zero-order valence-electron chi connectivity index (χ0n) is 14.8. The predicted octanol–water partition coefficient (Wildman–Crippen LogP) is 2.97. The van der Waals surface area contributed by atoms with Crippen molar-refractivity contribution < 1.29 is 9.47 Å². The van der Waals surface area contributed by atoms with Crippen LogP contribution in [0.25, 0.3) is 0 Å². The Kier molecular flexibility index (Phi) is 7.18. The van der Waals surface area contributed by atoms with Crippen molar-refractivity contribution >= 4 is 17.6 Å². The average Bonchev–Trinajstić information content (AvgIpc) is 2.62. The van der Waals surface area contributed by atoms with E-state index < -0.39 is 0 Å². The van der Waals surface area contributed by atoms with Gasteiger partial charge >= 0.3 is 0 Å². The molecule has 1 aromatic carbocycles. The second kappa shape index (κ2) is 9.14. The Hall–Kier alpha value is -1.46. The van der Waals surface area contributed by atoms with Gasteiger partial charge in [-0.2, -0.15) is 0 Å². The number of hydrogen-bond acceptors (Lipinski definition) is 3. The molecule has 0 spiro atoms. The predicted molar refractivity (Wildman–Crippen MR) is 99.4 cm³/mol. The fourth-order valence-electron chi connectivity index (χ4n) is 3.12. The number of benzene rings is 1. The molecule has 0 amide bonds. The summed E-state index contributed by atoms with van der Waals surface area (Å²) in [5, 5.41) is 7.51. The van der Waals surface area contributed by atoms with Crippen LogP contribution in [0.1, 0.15) is 31.7 Å². The van der Waals surface area contributed by atoms with E-state index in [1.807, 2.05) is 18.2 Å². The van der Waals surface area contributed by atoms with Crippen LogP contribution in [-0.4, -0.2) is 46.4 Å². The highest BCUT2D eigenvalue weighted by Gasteiger charge is 2.37. The highest BCUT2D eigenvalue weighted by molar-refractivity contribution is 6.30. The van der Waals surface area contributed by atoms with Gasteiger partial charge in [-0.1, -0.05) is 18.5 Å². The molecule has 24 heavy (non-hydrogen) atoms. The van der Waals surface area contributed by atoms with Crippen LogP contribution in [0.2, 0.25) is 5.02 Å². The third-order valence-electron chi connectivity index (χ3n) is 4.54. The van der Waals surface area contributed by atoms with Gasteiger partial charge in [-0.15, -0.1) is 0 Å². The van der Waals surface area contributed by atoms with Crippen LogP contribution in [0.5, 0.6) is 5.75 Å². The normalized spacial score (nSPS) is 17.4. The van der Waals surface area contributed by atoms with Crippen molar-refractivity contribution in [2.45, 2.75) is 31.6 Å². The van der Waals surface area contributed by atoms with Crippen molar-refractivity contribution in [3.63, 3.8) is 0 Å². The van der Waals surface area contributed by atoms with E-state index in [0.29, 0.717) is 0 Å². The molecule has 1 saturated heterocycles. The summed E-state index contributed by atoms with van der Waals surface area (Å²) >= 11 is 6.27. The highest BCUT2D eigenvalue weighted by Crippen LogP contribution is 2.40. The van der Waals surface area contributed by atoms with Gasteiger partial charge in [0, 0.05) is 49.4 Å². The van der Waals surface area contributed by atoms with E-state index in [-0.39, 0.29) is 5.41 Å². The monoisotopic (exact) mass is 353 g/mol. The van der Waals surface area contributed by atoms with E-state index in [4.69, 9.17) is 21.1 Å². The van der Waals surface area contributed by atoms with Gasteiger partial charge in [0.2, 0.25) is 0 Å². The lowest BCUT2D eigenvalue weighted by Crippen LogP contribution is -2.48. The van der Waals surface area contributed by atoms with E-state index in [2.05, 4.69) is 22.5 Å². The van der Waals surface area contributed by atoms with E-state index in [0.717, 1.165) is 67.9 Å². The lowest BCUT2D eigenvalue weighted by molar-refractivity contribution is 0.0505. The molecule has 1 aliphatic rings. The number of methoxy groups -OCH3 is 1. The van der Waals surface area contributed by atoms with Crippen LogP contribution < -0.4 is 15.4 Å². The van der Waals surface area contributed by atoms with Gasteiger partial charge in [-0.25, -0.2) is 0 Å². The van der Waals surface area contributed by atoms with Crippen LogP contribution >= 0.6 is 11.6 Å². The molecule has 1 heterocycles. The second-order valence-corrected chi connectivity index (χ2v) is 6.53. The number of guanidine groups is 1. The summed E-state index contributed by atoms with van der Waals surface area (Å²) < 4.78 is 11.2. The summed E-state index contributed by atoms with van der Waals surface area (Å²) in [5.41, 5.74) is 1.05. The lowest BCUT2D eigenvalue weighted by atomic mass is 9.73. The van der Waals surface area contributed by atoms with Crippen molar-refractivity contribution in [1.29, 1.82) is 0 Å². The Balaban J connectivity index is 2.25. The largest absolute Gasteiger partial charge is 0.496 e. The molecule has 1 aliphatic heterocycles. The summed E-state index contributed by atoms with van der Waals surface area (Å²) in [4.78, 5) is 4.30. The van der Waals surface area contributed by atoms with E-state index in [9.17, 15) is 0 Å². The zero-order valence-corrected chi connectivity index (χ0v) is 15.6. The maximum Gasteiger partial charge on any atom is 0.191 e. The van der Waals surface area contributed by atoms with Crippen molar-refractivity contribution in [2.75, 3.05) is 40.5 Å². The third kappa shape index (κ3) is 4.54. The first-order valence-corrected chi connectivity index (χ1v) is 8.89. The molecule has 1 fully saturated rings. The summed E-state index contributed by atoms with van der Waals surface area (Å²) in [6, 6.07) is 5.83. The van der Waals surface area contributed by atoms with Crippen LogP contribution in [0.4, 0.5) is 0 Å². The number of hydrogen-bond donors (Lipinski definition) is 2. The molecular formula is C18H28ClN3O2. The number of halogens is 1. The van der Waals surface area contributed by atoms with Gasteiger partial charge in [-0.05, 0) is 37.5 Å². The Bertz CT molecular complexity index is 557. The van der Waals surface area contributed by atoms with E-state index >= 15 is 0 Å². The molecule has 5 nitrogen and oxygen atoms in total. The molecule has 2 rings (SSSR count). The number of nitrogens with one attached hydrogen (secondary N) is 2. The number of nitrogens with zero attached hydrogens (tertiary/aromatic N) is 1. The minimum atomic E-state index is -0.0850. The molecule has 0 aromatic heterocycles. The summed E-state index contributed by atoms with van der Waals surface area (Å²) in [7, 11) is 3.50. The molecule has 134 valence electrons. The van der Waals surface area contributed by atoms with E-state index in [1.54, 1.807) is 14.2 Å². The fourth-order valence-corrected chi connectivity index (χ4v) is 3.29. The van der Waals surface area contributed by atoms with E-state index in [1.165, 1.54) is 0 Å². The van der Waals surface area contributed by atoms with Crippen LogP contribution in [-0.2, 0) is 10.2 Å². The Morgan fingerprint density at radius 2 is 2.08 bits per heavy atom. The minimum absolute atomic E-state index is 0.0850. The SMILES string of the molecule is CCCNC(=NC)NCC1(c2cc(Cl)ccc2OC)CCOCC1. The molecule has 2 N–H and O–H groups in total. The summed E-state index contributed by atoms with van der Waals surface area (Å²) in [6.45, 7) is 5.26. The van der Waals surface area contributed by atoms with Gasteiger partial charge in [0.1, 0.15) is 5.75 Å². The number of aliphatic imine (C=N–C) groups is 1. The first-order chi connectivity index (χ1) is 11.6. The van der Waals surface area contributed by atoms with Gasteiger partial charge in [-0.3, -0.25) is 4.99 Å².